The molecule has 0 aliphatic heterocycles. The molecule has 1 unspecified atom stereocenters. The summed E-state index contributed by atoms with van der Waals surface area (Å²) < 4.78 is 28.4. The van der Waals surface area contributed by atoms with Gasteiger partial charge < -0.3 is 10.2 Å². The molecule has 208 valence electrons. The molecule has 0 aromatic heterocycles. The van der Waals surface area contributed by atoms with Gasteiger partial charge in [-0.1, -0.05) is 76.1 Å². The first-order chi connectivity index (χ1) is 18.3. The van der Waals surface area contributed by atoms with E-state index >= 15 is 0 Å². The van der Waals surface area contributed by atoms with Gasteiger partial charge in [-0.05, 0) is 63.1 Å². The molecule has 0 bridgehead atoms. The summed E-state index contributed by atoms with van der Waals surface area (Å²) in [6.07, 6.45) is 0.277. The highest BCUT2D eigenvalue weighted by molar-refractivity contribution is 9.10. The van der Waals surface area contributed by atoms with Crippen LogP contribution in [0.1, 0.15) is 37.5 Å². The zero-order chi connectivity index (χ0) is 28.8. The van der Waals surface area contributed by atoms with Crippen molar-refractivity contribution in [2.45, 2.75) is 57.1 Å². The first-order valence-electron chi connectivity index (χ1n) is 12.7. The number of benzene rings is 3. The third kappa shape index (κ3) is 8.74. The maximum Gasteiger partial charge on any atom is 0.243 e. The summed E-state index contributed by atoms with van der Waals surface area (Å²) in [6, 6.07) is 22.6. The molecule has 3 rings (SSSR count). The Labute approximate surface area is 240 Å². The van der Waals surface area contributed by atoms with Crippen molar-refractivity contribution in [1.82, 2.24) is 14.5 Å². The molecule has 39 heavy (non-hydrogen) atoms. The zero-order valence-electron chi connectivity index (χ0n) is 23.0. The second kappa shape index (κ2) is 12.9. The number of nitrogens with zero attached hydrogens (tertiary/aromatic N) is 2. The van der Waals surface area contributed by atoms with Gasteiger partial charge in [0.1, 0.15) is 6.04 Å². The molecule has 0 aliphatic carbocycles. The molecule has 0 fully saturated rings. The van der Waals surface area contributed by atoms with Crippen LogP contribution in [0.5, 0.6) is 0 Å². The largest absolute Gasteiger partial charge is 0.350 e. The Morgan fingerprint density at radius 2 is 1.49 bits per heavy atom. The molecule has 9 heteroatoms. The number of hydrogen-bond acceptors (Lipinski definition) is 4. The van der Waals surface area contributed by atoms with Crippen molar-refractivity contribution < 1.29 is 18.0 Å². The molecule has 0 saturated carbocycles. The monoisotopic (exact) mass is 613 g/mol. The maximum atomic E-state index is 13.9. The van der Waals surface area contributed by atoms with E-state index in [-0.39, 0.29) is 23.8 Å². The third-order valence-electron chi connectivity index (χ3n) is 6.12. The Morgan fingerprint density at radius 3 is 2.05 bits per heavy atom. The zero-order valence-corrected chi connectivity index (χ0v) is 25.4. The van der Waals surface area contributed by atoms with Crippen molar-refractivity contribution in [1.29, 1.82) is 0 Å². The lowest BCUT2D eigenvalue weighted by Gasteiger charge is -2.34. The molecule has 0 spiro atoms. The molecule has 2 amide bonds. The van der Waals surface area contributed by atoms with Gasteiger partial charge in [-0.15, -0.1) is 0 Å². The van der Waals surface area contributed by atoms with Crippen LogP contribution in [-0.4, -0.2) is 54.6 Å². The third-order valence-corrected chi connectivity index (χ3v) is 8.47. The van der Waals surface area contributed by atoms with Gasteiger partial charge in [0.05, 0.1) is 11.4 Å². The van der Waals surface area contributed by atoms with Crippen molar-refractivity contribution >= 4 is 37.8 Å². The average Bonchev–Trinajstić information content (AvgIpc) is 2.87. The summed E-state index contributed by atoms with van der Waals surface area (Å²) in [4.78, 5) is 29.1. The van der Waals surface area contributed by atoms with Gasteiger partial charge in [-0.25, -0.2) is 8.42 Å². The molecule has 3 aromatic rings. The van der Waals surface area contributed by atoms with Crippen molar-refractivity contribution in [2.75, 3.05) is 13.6 Å². The van der Waals surface area contributed by atoms with E-state index in [0.717, 1.165) is 25.5 Å². The fourth-order valence-electron chi connectivity index (χ4n) is 4.05. The minimum Gasteiger partial charge on any atom is -0.350 e. The van der Waals surface area contributed by atoms with Crippen LogP contribution in [0.15, 0.2) is 88.2 Å². The lowest BCUT2D eigenvalue weighted by atomic mass is 10.0. The summed E-state index contributed by atoms with van der Waals surface area (Å²) in [7, 11) is -2.54. The minimum absolute atomic E-state index is 0.106. The van der Waals surface area contributed by atoms with Crippen LogP contribution in [0.25, 0.3) is 0 Å². The Kier molecular flexibility index (Phi) is 10.1. The maximum absolute atomic E-state index is 13.9. The molecule has 0 aliphatic rings. The number of carbonyl (C=O) groups is 2. The van der Waals surface area contributed by atoms with E-state index < -0.39 is 34.1 Å². The van der Waals surface area contributed by atoms with Gasteiger partial charge in [-0.2, -0.15) is 4.31 Å². The van der Waals surface area contributed by atoms with E-state index in [1.54, 1.807) is 12.1 Å². The quantitative estimate of drug-likeness (QED) is 0.351. The van der Waals surface area contributed by atoms with Gasteiger partial charge in [0.2, 0.25) is 21.8 Å². The highest BCUT2D eigenvalue weighted by Crippen LogP contribution is 2.20. The second-order valence-corrected chi connectivity index (χ2v) is 13.6. The minimum atomic E-state index is -3.92. The molecule has 0 radical (unpaired) electrons. The van der Waals surface area contributed by atoms with Gasteiger partial charge in [0.25, 0.3) is 0 Å². The molecular weight excluding hydrogens is 578 g/mol. The summed E-state index contributed by atoms with van der Waals surface area (Å²) in [5.41, 5.74) is 2.11. The topological polar surface area (TPSA) is 86.8 Å². The molecule has 1 atom stereocenters. The lowest BCUT2D eigenvalue weighted by molar-refractivity contribution is -0.141. The summed E-state index contributed by atoms with van der Waals surface area (Å²) in [6.45, 7) is 7.24. The van der Waals surface area contributed by atoms with E-state index in [1.165, 1.54) is 24.1 Å². The number of nitrogens with one attached hydrogen (secondary N) is 1. The van der Waals surface area contributed by atoms with Crippen LogP contribution < -0.4 is 5.32 Å². The van der Waals surface area contributed by atoms with Crippen LogP contribution in [-0.2, 0) is 32.6 Å². The summed E-state index contributed by atoms with van der Waals surface area (Å²) in [5.74, 6) is -0.776. The Hall–Kier alpha value is -3.01. The van der Waals surface area contributed by atoms with Crippen LogP contribution in [0, 0.1) is 6.92 Å². The molecular formula is C30H36BrN3O4S. The number of hydrogen-bond donors (Lipinski definition) is 1. The molecule has 1 N–H and O–H groups in total. The first-order valence-corrected chi connectivity index (χ1v) is 14.9. The molecule has 0 heterocycles. The molecule has 7 nitrogen and oxygen atoms in total. The SMILES string of the molecule is Cc1ccc(S(=O)(=O)N(C)CC(=O)N(Cc2ccc(Br)cc2)C(Cc2ccccc2)C(=O)NC(C)(C)C)cc1. The second-order valence-electron chi connectivity index (χ2n) is 10.7. The van der Waals surface area contributed by atoms with Gasteiger partial charge in [0.15, 0.2) is 0 Å². The fraction of sp³-hybridized carbons (Fsp3) is 0.333. The van der Waals surface area contributed by atoms with E-state index in [9.17, 15) is 18.0 Å². The van der Waals surface area contributed by atoms with Crippen molar-refractivity contribution in [2.24, 2.45) is 0 Å². The van der Waals surface area contributed by atoms with Gasteiger partial charge in [0, 0.05) is 30.0 Å². The number of aryl methyl sites for hydroxylation is 1. The van der Waals surface area contributed by atoms with E-state index in [2.05, 4.69) is 21.2 Å². The highest BCUT2D eigenvalue weighted by atomic mass is 79.9. The highest BCUT2D eigenvalue weighted by Gasteiger charge is 2.34. The summed E-state index contributed by atoms with van der Waals surface area (Å²) in [5, 5.41) is 3.01. The normalized spacial score (nSPS) is 12.7. The standard InChI is InChI=1S/C30H36BrN3O4S/c1-22-11-17-26(18-12-22)39(37,38)33(5)21-28(35)34(20-24-13-15-25(31)16-14-24)27(29(36)32-30(2,3)4)19-23-9-7-6-8-10-23/h6-18,27H,19-21H2,1-5H3,(H,32,36). The number of rotatable bonds is 10. The first kappa shape index (κ1) is 30.5. The van der Waals surface area contributed by atoms with E-state index in [0.29, 0.717) is 0 Å². The smallest absolute Gasteiger partial charge is 0.243 e. The average molecular weight is 615 g/mol. The van der Waals surface area contributed by atoms with Crippen molar-refractivity contribution in [3.8, 4) is 0 Å². The van der Waals surface area contributed by atoms with E-state index in [1.807, 2.05) is 82.3 Å². The number of carbonyl (C=O) groups excluding carboxylic acids is 2. The van der Waals surface area contributed by atoms with Crippen LogP contribution >= 0.6 is 15.9 Å². The predicted molar refractivity (Wildman–Crippen MR) is 158 cm³/mol. The lowest BCUT2D eigenvalue weighted by Crippen LogP contribution is -2.56. The van der Waals surface area contributed by atoms with Crippen molar-refractivity contribution in [3.05, 3.63) is 100 Å². The number of sulfonamides is 1. The summed E-state index contributed by atoms with van der Waals surface area (Å²) >= 11 is 3.43. The van der Waals surface area contributed by atoms with E-state index in [4.69, 9.17) is 0 Å². The Balaban J connectivity index is 1.98. The van der Waals surface area contributed by atoms with Crippen molar-refractivity contribution in [3.63, 3.8) is 0 Å². The number of halogens is 1. The predicted octanol–water partition coefficient (Wildman–Crippen LogP) is 4.93. The Morgan fingerprint density at radius 1 is 0.897 bits per heavy atom. The Bertz CT molecular complexity index is 1370. The number of amides is 2. The molecule has 0 saturated heterocycles. The van der Waals surface area contributed by atoms with Crippen LogP contribution in [0.3, 0.4) is 0 Å². The van der Waals surface area contributed by atoms with Gasteiger partial charge >= 0.3 is 0 Å². The van der Waals surface area contributed by atoms with Crippen LogP contribution in [0.2, 0.25) is 0 Å². The number of likely N-dealkylation sites (N-methyl/N-ethyl adjacent to an activating group) is 1. The fourth-order valence-corrected chi connectivity index (χ4v) is 5.43. The van der Waals surface area contributed by atoms with Crippen LogP contribution in [0.4, 0.5) is 0 Å². The van der Waals surface area contributed by atoms with Gasteiger partial charge in [-0.3, -0.25) is 9.59 Å². The molecule has 3 aromatic carbocycles.